The number of sulfonamides is 1. The van der Waals surface area contributed by atoms with Gasteiger partial charge < -0.3 is 4.74 Å². The third-order valence-electron chi connectivity index (χ3n) is 4.96. The van der Waals surface area contributed by atoms with Crippen LogP contribution in [0.3, 0.4) is 0 Å². The molecule has 0 amide bonds. The van der Waals surface area contributed by atoms with Crippen molar-refractivity contribution in [2.75, 3.05) is 10.8 Å². The number of aromatic nitrogens is 5. The van der Waals surface area contributed by atoms with Crippen molar-refractivity contribution in [3.05, 3.63) is 65.2 Å². The molecule has 190 valence electrons. The molecule has 0 saturated heterocycles. The molecular weight excluding hydrogens is 517 g/mol. The Bertz CT molecular complexity index is 1390. The monoisotopic (exact) mass is 538 g/mol. The van der Waals surface area contributed by atoms with E-state index in [-0.39, 0.29) is 34.8 Å². The SMILES string of the molecule is CC(C)CN(c1ccc(C(F)(F)F)cc1OCc1ccc(-c2nn[nH]n2)cc1)S(=O)(=O)c1nccs1. The van der Waals surface area contributed by atoms with E-state index in [2.05, 4.69) is 25.6 Å². The maximum absolute atomic E-state index is 13.5. The van der Waals surface area contributed by atoms with Gasteiger partial charge in [-0.3, -0.25) is 4.31 Å². The number of H-pyrrole nitrogens is 1. The maximum Gasteiger partial charge on any atom is 0.416 e. The summed E-state index contributed by atoms with van der Waals surface area (Å²) in [6.45, 7) is 3.53. The Kier molecular flexibility index (Phi) is 7.26. The first-order valence-electron chi connectivity index (χ1n) is 10.6. The number of tetrazole rings is 1. The van der Waals surface area contributed by atoms with Crippen LogP contribution in [0.4, 0.5) is 18.9 Å². The Morgan fingerprint density at radius 2 is 1.89 bits per heavy atom. The zero-order valence-electron chi connectivity index (χ0n) is 19.1. The molecule has 0 aliphatic heterocycles. The van der Waals surface area contributed by atoms with Crippen molar-refractivity contribution in [1.82, 2.24) is 25.6 Å². The summed E-state index contributed by atoms with van der Waals surface area (Å²) in [5.41, 5.74) is 0.369. The number of ether oxygens (including phenoxy) is 1. The van der Waals surface area contributed by atoms with Crippen LogP contribution in [-0.2, 0) is 22.8 Å². The van der Waals surface area contributed by atoms with E-state index < -0.39 is 21.8 Å². The first-order chi connectivity index (χ1) is 17.1. The Labute approximate surface area is 209 Å². The van der Waals surface area contributed by atoms with Crippen LogP contribution in [0.15, 0.2) is 58.4 Å². The predicted octanol–water partition coefficient (Wildman–Crippen LogP) is 4.77. The van der Waals surface area contributed by atoms with Gasteiger partial charge in [-0.2, -0.15) is 26.8 Å². The predicted molar refractivity (Wildman–Crippen MR) is 127 cm³/mol. The fraction of sp³-hybridized carbons (Fsp3) is 0.273. The molecule has 2 aromatic heterocycles. The number of thiazole rings is 1. The lowest BCUT2D eigenvalue weighted by Crippen LogP contribution is -2.34. The van der Waals surface area contributed by atoms with Crippen molar-refractivity contribution >= 4 is 27.0 Å². The molecule has 0 radical (unpaired) electrons. The molecule has 0 spiro atoms. The molecule has 0 fully saturated rings. The van der Waals surface area contributed by atoms with E-state index in [1.807, 2.05) is 0 Å². The minimum absolute atomic E-state index is 0.00434. The number of nitrogens with one attached hydrogen (secondary N) is 1. The number of halogens is 3. The summed E-state index contributed by atoms with van der Waals surface area (Å²) in [7, 11) is -4.13. The molecule has 4 aromatic rings. The molecule has 36 heavy (non-hydrogen) atoms. The van der Waals surface area contributed by atoms with Crippen molar-refractivity contribution in [2.45, 2.75) is 31.0 Å². The van der Waals surface area contributed by atoms with E-state index in [1.165, 1.54) is 11.6 Å². The number of nitrogens with zero attached hydrogens (tertiary/aromatic N) is 5. The number of hydrogen-bond acceptors (Lipinski definition) is 8. The smallest absolute Gasteiger partial charge is 0.416 e. The van der Waals surface area contributed by atoms with E-state index in [9.17, 15) is 21.6 Å². The van der Waals surface area contributed by atoms with Gasteiger partial charge in [-0.15, -0.1) is 21.5 Å². The first kappa shape index (κ1) is 25.6. The van der Waals surface area contributed by atoms with Crippen LogP contribution in [0.1, 0.15) is 25.0 Å². The molecule has 0 saturated carbocycles. The van der Waals surface area contributed by atoms with Gasteiger partial charge >= 0.3 is 6.18 Å². The van der Waals surface area contributed by atoms with E-state index in [1.54, 1.807) is 38.1 Å². The highest BCUT2D eigenvalue weighted by molar-refractivity contribution is 7.94. The van der Waals surface area contributed by atoms with E-state index >= 15 is 0 Å². The second kappa shape index (κ2) is 10.2. The largest absolute Gasteiger partial charge is 0.487 e. The summed E-state index contributed by atoms with van der Waals surface area (Å²) in [6, 6.07) is 9.61. The molecule has 0 bridgehead atoms. The van der Waals surface area contributed by atoms with Crippen LogP contribution in [0.5, 0.6) is 5.75 Å². The Hall–Kier alpha value is -3.52. The van der Waals surface area contributed by atoms with Gasteiger partial charge in [-0.05, 0) is 34.9 Å². The molecule has 0 atom stereocenters. The molecule has 2 heterocycles. The lowest BCUT2D eigenvalue weighted by molar-refractivity contribution is -0.137. The standard InChI is InChI=1S/C22H21F3N6O3S2/c1-14(2)12-31(36(32,33)21-26-9-10-35-21)18-8-7-17(22(23,24)25)11-19(18)34-13-15-3-5-16(6-4-15)20-27-29-30-28-20/h3-11,14H,12-13H2,1-2H3,(H,27,28,29,30). The summed E-state index contributed by atoms with van der Waals surface area (Å²) < 4.78 is 73.9. The molecule has 1 N–H and O–H groups in total. The third-order valence-corrected chi connectivity index (χ3v) is 7.92. The third kappa shape index (κ3) is 5.65. The Morgan fingerprint density at radius 3 is 2.47 bits per heavy atom. The molecule has 14 heteroatoms. The van der Waals surface area contributed by atoms with Crippen LogP contribution >= 0.6 is 11.3 Å². The van der Waals surface area contributed by atoms with Crippen LogP contribution in [0.25, 0.3) is 11.4 Å². The normalized spacial score (nSPS) is 12.2. The lowest BCUT2D eigenvalue weighted by atomic mass is 10.1. The van der Waals surface area contributed by atoms with Crippen molar-refractivity contribution in [3.8, 4) is 17.1 Å². The summed E-state index contributed by atoms with van der Waals surface area (Å²) in [4.78, 5) is 3.90. The number of alkyl halides is 3. The second-order valence-corrected chi connectivity index (χ2v) is 11.1. The van der Waals surface area contributed by atoms with Gasteiger partial charge in [-0.1, -0.05) is 38.1 Å². The zero-order chi connectivity index (χ0) is 25.9. The van der Waals surface area contributed by atoms with Crippen LogP contribution in [0, 0.1) is 5.92 Å². The highest BCUT2D eigenvalue weighted by Crippen LogP contribution is 2.39. The fourth-order valence-corrected chi connectivity index (χ4v) is 5.87. The second-order valence-electron chi connectivity index (χ2n) is 8.13. The zero-order valence-corrected chi connectivity index (χ0v) is 20.7. The summed E-state index contributed by atoms with van der Waals surface area (Å²) in [6.07, 6.45) is -3.28. The number of rotatable bonds is 9. The van der Waals surface area contributed by atoms with Gasteiger partial charge in [0.05, 0.1) is 11.3 Å². The Balaban J connectivity index is 1.69. The van der Waals surface area contributed by atoms with Gasteiger partial charge in [0.25, 0.3) is 10.0 Å². The van der Waals surface area contributed by atoms with Gasteiger partial charge in [0.15, 0.2) is 0 Å². The molecule has 0 unspecified atom stereocenters. The summed E-state index contributed by atoms with van der Waals surface area (Å²) >= 11 is 0.925. The minimum Gasteiger partial charge on any atom is -0.487 e. The Morgan fingerprint density at radius 1 is 1.14 bits per heavy atom. The molecule has 0 aliphatic rings. The molecule has 0 aliphatic carbocycles. The van der Waals surface area contributed by atoms with Crippen molar-refractivity contribution < 1.29 is 26.3 Å². The summed E-state index contributed by atoms with van der Waals surface area (Å²) in [5.74, 6) is 0.0415. The average molecular weight is 539 g/mol. The van der Waals surface area contributed by atoms with E-state index in [0.717, 1.165) is 33.8 Å². The van der Waals surface area contributed by atoms with Crippen LogP contribution in [0.2, 0.25) is 0 Å². The fourth-order valence-electron chi connectivity index (χ4n) is 3.30. The van der Waals surface area contributed by atoms with Gasteiger partial charge in [0.1, 0.15) is 12.4 Å². The number of hydrogen-bond donors (Lipinski definition) is 1. The molecule has 9 nitrogen and oxygen atoms in total. The van der Waals surface area contributed by atoms with Gasteiger partial charge in [-0.25, -0.2) is 4.98 Å². The topological polar surface area (TPSA) is 114 Å². The lowest BCUT2D eigenvalue weighted by Gasteiger charge is -2.27. The molecule has 4 rings (SSSR count). The van der Waals surface area contributed by atoms with E-state index in [4.69, 9.17) is 4.74 Å². The van der Waals surface area contributed by atoms with E-state index in [0.29, 0.717) is 17.0 Å². The highest BCUT2D eigenvalue weighted by Gasteiger charge is 2.34. The summed E-state index contributed by atoms with van der Waals surface area (Å²) in [5, 5.41) is 15.1. The van der Waals surface area contributed by atoms with Crippen molar-refractivity contribution in [1.29, 1.82) is 0 Å². The van der Waals surface area contributed by atoms with Crippen LogP contribution in [-0.4, -0.2) is 40.6 Å². The molecule has 2 aromatic carbocycles. The van der Waals surface area contributed by atoms with Crippen molar-refractivity contribution in [3.63, 3.8) is 0 Å². The van der Waals surface area contributed by atoms with Crippen LogP contribution < -0.4 is 9.04 Å². The number of anilines is 1. The molecular formula is C22H21F3N6O3S2. The quantitative estimate of drug-likeness (QED) is 0.326. The number of aromatic amines is 1. The minimum atomic E-state index is -4.64. The first-order valence-corrected chi connectivity index (χ1v) is 13.0. The highest BCUT2D eigenvalue weighted by atomic mass is 32.2. The maximum atomic E-state index is 13.5. The van der Waals surface area contributed by atoms with Gasteiger partial charge in [0.2, 0.25) is 10.2 Å². The average Bonchev–Trinajstić information content (AvgIpc) is 3.56. The van der Waals surface area contributed by atoms with Crippen molar-refractivity contribution in [2.24, 2.45) is 5.92 Å². The number of benzene rings is 2. The van der Waals surface area contributed by atoms with Gasteiger partial charge in [0, 0.05) is 23.7 Å².